The summed E-state index contributed by atoms with van der Waals surface area (Å²) in [6.45, 7) is 0. The molecule has 1 N–H and O–H groups in total. The van der Waals surface area contributed by atoms with Gasteiger partial charge < -0.3 is 9.84 Å². The van der Waals surface area contributed by atoms with Crippen molar-refractivity contribution in [3.05, 3.63) is 47.0 Å². The number of phenols is 1. The van der Waals surface area contributed by atoms with Gasteiger partial charge in [-0.15, -0.1) is 0 Å². The van der Waals surface area contributed by atoms with Crippen LogP contribution in [0, 0.1) is 11.8 Å². The van der Waals surface area contributed by atoms with E-state index in [1.165, 1.54) is 25.4 Å². The normalized spacial score (nSPS) is 9.44. The van der Waals surface area contributed by atoms with Gasteiger partial charge in [0.15, 0.2) is 0 Å². The average Bonchev–Trinajstić information content (AvgIpc) is 2.36. The second-order valence-electron chi connectivity index (χ2n) is 3.38. The second kappa shape index (κ2) is 5.39. The van der Waals surface area contributed by atoms with Crippen molar-refractivity contribution in [1.82, 2.24) is 9.97 Å². The number of hydrogen-bond donors (Lipinski definition) is 1. The molecule has 0 radical (unpaired) electrons. The van der Waals surface area contributed by atoms with Crippen molar-refractivity contribution in [2.45, 2.75) is 0 Å². The fourth-order valence-corrected chi connectivity index (χ4v) is 1.46. The zero-order valence-electron chi connectivity index (χ0n) is 9.51. The third-order valence-corrected chi connectivity index (χ3v) is 2.27. The number of rotatable bonds is 1. The first-order chi connectivity index (χ1) is 8.67. The van der Waals surface area contributed by atoms with Crippen molar-refractivity contribution >= 4 is 11.6 Å². The lowest BCUT2D eigenvalue weighted by atomic mass is 10.2. The van der Waals surface area contributed by atoms with Gasteiger partial charge in [-0.1, -0.05) is 5.92 Å². The fraction of sp³-hybridized carbons (Fsp3) is 0.0769. The van der Waals surface area contributed by atoms with Gasteiger partial charge in [-0.25, -0.2) is 9.97 Å². The molecule has 90 valence electrons. The lowest BCUT2D eigenvalue weighted by molar-refractivity contribution is 0.407. The fourth-order valence-electron chi connectivity index (χ4n) is 1.31. The van der Waals surface area contributed by atoms with E-state index in [0.29, 0.717) is 17.0 Å². The second-order valence-corrected chi connectivity index (χ2v) is 3.72. The van der Waals surface area contributed by atoms with Crippen molar-refractivity contribution in [1.29, 1.82) is 0 Å². The van der Waals surface area contributed by atoms with E-state index in [-0.39, 0.29) is 11.0 Å². The molecule has 0 aliphatic heterocycles. The highest BCUT2D eigenvalue weighted by molar-refractivity contribution is 6.28. The van der Waals surface area contributed by atoms with Crippen LogP contribution in [-0.4, -0.2) is 22.2 Å². The smallest absolute Gasteiger partial charge is 0.223 e. The van der Waals surface area contributed by atoms with Crippen molar-refractivity contribution in [2.24, 2.45) is 0 Å². The minimum Gasteiger partial charge on any atom is -0.508 e. The molecule has 4 nitrogen and oxygen atoms in total. The van der Waals surface area contributed by atoms with Gasteiger partial charge in [0, 0.05) is 17.8 Å². The number of halogens is 1. The third-order valence-electron chi connectivity index (χ3n) is 2.09. The van der Waals surface area contributed by atoms with Crippen LogP contribution in [0.3, 0.4) is 0 Å². The maximum absolute atomic E-state index is 9.47. The van der Waals surface area contributed by atoms with Crippen LogP contribution in [0.1, 0.15) is 11.3 Å². The monoisotopic (exact) mass is 260 g/mol. The number of ether oxygens (including phenoxy) is 1. The van der Waals surface area contributed by atoms with Crippen LogP contribution < -0.4 is 4.74 Å². The molecule has 1 aromatic carbocycles. The molecule has 0 unspecified atom stereocenters. The minimum atomic E-state index is 0.0966. The molecule has 2 rings (SSSR count). The van der Waals surface area contributed by atoms with Crippen LogP contribution in [0.25, 0.3) is 0 Å². The van der Waals surface area contributed by atoms with Gasteiger partial charge in [0.1, 0.15) is 17.2 Å². The molecule has 5 heteroatoms. The van der Waals surface area contributed by atoms with Gasteiger partial charge in [0.05, 0.1) is 7.11 Å². The molecule has 0 saturated carbocycles. The SMILES string of the molecule is COc1cc(O)cc(C#Cc2ccnc(Cl)n2)c1. The van der Waals surface area contributed by atoms with E-state index >= 15 is 0 Å². The highest BCUT2D eigenvalue weighted by atomic mass is 35.5. The summed E-state index contributed by atoms with van der Waals surface area (Å²) in [6.07, 6.45) is 1.53. The number of nitrogens with zero attached hydrogens (tertiary/aromatic N) is 2. The van der Waals surface area contributed by atoms with E-state index in [0.717, 1.165) is 0 Å². The first-order valence-corrected chi connectivity index (χ1v) is 5.44. The van der Waals surface area contributed by atoms with E-state index in [4.69, 9.17) is 16.3 Å². The molecule has 2 aromatic rings. The number of methoxy groups -OCH3 is 1. The number of phenolic OH excluding ortho intramolecular Hbond substituents is 1. The highest BCUT2D eigenvalue weighted by Gasteiger charge is 1.98. The molecule has 1 aromatic heterocycles. The Morgan fingerprint density at radius 3 is 2.83 bits per heavy atom. The molecular formula is C13H9ClN2O2. The Kier molecular flexibility index (Phi) is 3.66. The van der Waals surface area contributed by atoms with Crippen molar-refractivity contribution in [3.63, 3.8) is 0 Å². The summed E-state index contributed by atoms with van der Waals surface area (Å²) in [6, 6.07) is 6.42. The van der Waals surface area contributed by atoms with E-state index < -0.39 is 0 Å². The quantitative estimate of drug-likeness (QED) is 0.631. The van der Waals surface area contributed by atoms with Crippen LogP contribution >= 0.6 is 11.6 Å². The van der Waals surface area contributed by atoms with Crippen molar-refractivity contribution < 1.29 is 9.84 Å². The van der Waals surface area contributed by atoms with Gasteiger partial charge in [0.25, 0.3) is 0 Å². The van der Waals surface area contributed by atoms with Gasteiger partial charge in [-0.05, 0) is 35.7 Å². The lowest BCUT2D eigenvalue weighted by Gasteiger charge is -2.00. The third kappa shape index (κ3) is 3.12. The van der Waals surface area contributed by atoms with Gasteiger partial charge >= 0.3 is 0 Å². The van der Waals surface area contributed by atoms with E-state index in [1.807, 2.05) is 0 Å². The number of benzene rings is 1. The largest absolute Gasteiger partial charge is 0.508 e. The number of aromatic hydroxyl groups is 1. The maximum Gasteiger partial charge on any atom is 0.223 e. The molecular weight excluding hydrogens is 252 g/mol. The molecule has 0 spiro atoms. The van der Waals surface area contributed by atoms with E-state index in [1.54, 1.807) is 12.1 Å². The Bertz CT molecular complexity index is 632. The summed E-state index contributed by atoms with van der Waals surface area (Å²) in [5.74, 6) is 6.33. The molecule has 0 bridgehead atoms. The Labute approximate surface area is 109 Å². The molecule has 0 aliphatic carbocycles. The average molecular weight is 261 g/mol. The summed E-state index contributed by atoms with van der Waals surface area (Å²) >= 11 is 5.65. The topological polar surface area (TPSA) is 55.2 Å². The van der Waals surface area contributed by atoms with Crippen LogP contribution in [0.2, 0.25) is 5.28 Å². The molecule has 1 heterocycles. The first-order valence-electron chi connectivity index (χ1n) is 5.06. The van der Waals surface area contributed by atoms with Crippen LogP contribution in [0.5, 0.6) is 11.5 Å². The van der Waals surface area contributed by atoms with E-state index in [9.17, 15) is 5.11 Å². The predicted octanol–water partition coefficient (Wildman–Crippen LogP) is 2.24. The van der Waals surface area contributed by atoms with Crippen LogP contribution in [-0.2, 0) is 0 Å². The standard InChI is InChI=1S/C13H9ClN2O2/c1-18-12-7-9(6-11(17)8-12)2-3-10-4-5-15-13(14)16-10/h4-8,17H,1H3. The predicted molar refractivity (Wildman–Crippen MR) is 67.7 cm³/mol. The molecule has 18 heavy (non-hydrogen) atoms. The number of hydrogen-bond acceptors (Lipinski definition) is 4. The van der Waals surface area contributed by atoms with Crippen molar-refractivity contribution in [3.8, 4) is 23.3 Å². The van der Waals surface area contributed by atoms with Gasteiger partial charge in [0.2, 0.25) is 5.28 Å². The van der Waals surface area contributed by atoms with Crippen LogP contribution in [0.4, 0.5) is 0 Å². The summed E-state index contributed by atoms with van der Waals surface area (Å²) in [7, 11) is 1.52. The molecule has 0 amide bonds. The molecule has 0 fully saturated rings. The van der Waals surface area contributed by atoms with E-state index in [2.05, 4.69) is 21.8 Å². The zero-order valence-corrected chi connectivity index (χ0v) is 10.3. The Hall–Kier alpha value is -2.25. The first kappa shape index (κ1) is 12.2. The lowest BCUT2D eigenvalue weighted by Crippen LogP contribution is -1.86. The van der Waals surface area contributed by atoms with Crippen molar-refractivity contribution in [2.75, 3.05) is 7.11 Å². The Balaban J connectivity index is 2.32. The summed E-state index contributed by atoms with van der Waals surface area (Å²) in [5.41, 5.74) is 1.14. The molecule has 0 saturated heterocycles. The molecule has 0 aliphatic rings. The maximum atomic E-state index is 9.47. The highest BCUT2D eigenvalue weighted by Crippen LogP contribution is 2.20. The van der Waals surface area contributed by atoms with Gasteiger partial charge in [-0.2, -0.15) is 0 Å². The Morgan fingerprint density at radius 2 is 2.11 bits per heavy atom. The van der Waals surface area contributed by atoms with Crippen LogP contribution in [0.15, 0.2) is 30.5 Å². The zero-order chi connectivity index (χ0) is 13.0. The van der Waals surface area contributed by atoms with Gasteiger partial charge in [-0.3, -0.25) is 0 Å². The summed E-state index contributed by atoms with van der Waals surface area (Å²) in [5, 5.41) is 9.62. The minimum absolute atomic E-state index is 0.0966. The Morgan fingerprint density at radius 1 is 1.28 bits per heavy atom. The molecule has 0 atom stereocenters. The number of aromatic nitrogens is 2. The summed E-state index contributed by atoms with van der Waals surface area (Å²) < 4.78 is 5.03. The summed E-state index contributed by atoms with van der Waals surface area (Å²) in [4.78, 5) is 7.70.